The van der Waals surface area contributed by atoms with Gasteiger partial charge in [-0.05, 0) is 35.8 Å². The van der Waals surface area contributed by atoms with Crippen LogP contribution in [0.5, 0.6) is 0 Å². The second-order valence-corrected chi connectivity index (χ2v) is 3.53. The Morgan fingerprint density at radius 2 is 2.08 bits per heavy atom. The molecule has 68 valence electrons. The van der Waals surface area contributed by atoms with Crippen LogP contribution in [0.3, 0.4) is 0 Å². The monoisotopic (exact) mass is 174 g/mol. The fraction of sp³-hybridized carbons (Fsp3) is 0.333. The molecule has 1 N–H and O–H groups in total. The molecule has 0 spiro atoms. The maximum atomic E-state index is 9.57. The highest BCUT2D eigenvalue weighted by Gasteiger charge is 2.08. The van der Waals surface area contributed by atoms with Crippen molar-refractivity contribution in [3.63, 3.8) is 0 Å². The third kappa shape index (κ3) is 1.52. The minimum atomic E-state index is -0.310. The summed E-state index contributed by atoms with van der Waals surface area (Å²) >= 11 is 0. The topological polar surface area (TPSA) is 20.2 Å². The molecule has 1 heteroatoms. The molecule has 1 unspecified atom stereocenters. The SMILES string of the molecule is CC(O)C1=c2ccccc2=CCC1. The van der Waals surface area contributed by atoms with E-state index >= 15 is 0 Å². The molecule has 0 saturated heterocycles. The van der Waals surface area contributed by atoms with E-state index in [2.05, 4.69) is 18.2 Å². The van der Waals surface area contributed by atoms with Crippen LogP contribution in [0.25, 0.3) is 11.6 Å². The molecule has 1 aromatic carbocycles. The van der Waals surface area contributed by atoms with Crippen molar-refractivity contribution in [2.45, 2.75) is 25.9 Å². The van der Waals surface area contributed by atoms with E-state index in [0.717, 1.165) is 12.8 Å². The zero-order chi connectivity index (χ0) is 9.26. The Kier molecular flexibility index (Phi) is 2.19. The highest BCUT2D eigenvalue weighted by molar-refractivity contribution is 5.53. The van der Waals surface area contributed by atoms with E-state index in [1.54, 1.807) is 0 Å². The first-order chi connectivity index (χ1) is 6.29. The molecule has 0 fully saturated rings. The molecule has 0 bridgehead atoms. The van der Waals surface area contributed by atoms with Gasteiger partial charge in [-0.15, -0.1) is 0 Å². The summed E-state index contributed by atoms with van der Waals surface area (Å²) in [7, 11) is 0. The molecule has 2 rings (SSSR count). The summed E-state index contributed by atoms with van der Waals surface area (Å²) in [6.07, 6.45) is 3.97. The lowest BCUT2D eigenvalue weighted by molar-refractivity contribution is 0.248. The molecule has 13 heavy (non-hydrogen) atoms. The van der Waals surface area contributed by atoms with Crippen LogP contribution in [0.2, 0.25) is 0 Å². The minimum Gasteiger partial charge on any atom is -0.389 e. The van der Waals surface area contributed by atoms with Gasteiger partial charge in [0.15, 0.2) is 0 Å². The van der Waals surface area contributed by atoms with Gasteiger partial charge in [-0.1, -0.05) is 30.3 Å². The standard InChI is InChI=1S/C12H14O/c1-9(13)11-8-4-6-10-5-2-3-7-12(10)11/h2-3,5-7,9,13H,4,8H2,1H3. The molecule has 1 atom stereocenters. The number of hydrogen-bond acceptors (Lipinski definition) is 1. The summed E-state index contributed by atoms with van der Waals surface area (Å²) in [5.41, 5.74) is 1.18. The van der Waals surface area contributed by atoms with Gasteiger partial charge in [-0.2, -0.15) is 0 Å². The van der Waals surface area contributed by atoms with Gasteiger partial charge in [0.25, 0.3) is 0 Å². The number of benzene rings is 1. The Labute approximate surface area is 78.0 Å². The van der Waals surface area contributed by atoms with Gasteiger partial charge in [0.1, 0.15) is 0 Å². The second-order valence-electron chi connectivity index (χ2n) is 3.53. The Hall–Kier alpha value is -1.08. The summed E-state index contributed by atoms with van der Waals surface area (Å²) in [5, 5.41) is 12.1. The first-order valence-corrected chi connectivity index (χ1v) is 4.75. The average molecular weight is 174 g/mol. The van der Waals surface area contributed by atoms with Crippen molar-refractivity contribution >= 4 is 11.6 Å². The van der Waals surface area contributed by atoms with Gasteiger partial charge in [-0.3, -0.25) is 0 Å². The van der Waals surface area contributed by atoms with Crippen LogP contribution < -0.4 is 10.4 Å². The number of hydrogen-bond donors (Lipinski definition) is 1. The molecular formula is C12H14O. The highest BCUT2D eigenvalue weighted by Crippen LogP contribution is 2.11. The summed E-state index contributed by atoms with van der Waals surface area (Å²) in [4.78, 5) is 0. The third-order valence-corrected chi connectivity index (χ3v) is 2.59. The molecule has 1 nitrogen and oxygen atoms in total. The Balaban J connectivity index is 2.76. The van der Waals surface area contributed by atoms with E-state index in [9.17, 15) is 5.11 Å². The molecule has 1 aliphatic carbocycles. The minimum absolute atomic E-state index is 0.310. The van der Waals surface area contributed by atoms with Crippen molar-refractivity contribution in [1.29, 1.82) is 0 Å². The Morgan fingerprint density at radius 1 is 1.31 bits per heavy atom. The van der Waals surface area contributed by atoms with Crippen molar-refractivity contribution in [2.75, 3.05) is 0 Å². The van der Waals surface area contributed by atoms with Gasteiger partial charge in [-0.25, -0.2) is 0 Å². The maximum Gasteiger partial charge on any atom is 0.0731 e. The van der Waals surface area contributed by atoms with Crippen LogP contribution >= 0.6 is 0 Å². The number of rotatable bonds is 1. The molecule has 0 saturated carbocycles. The molecule has 1 aromatic rings. The van der Waals surface area contributed by atoms with Crippen LogP contribution in [0.1, 0.15) is 19.8 Å². The molecule has 0 amide bonds. The van der Waals surface area contributed by atoms with Crippen LogP contribution in [-0.2, 0) is 0 Å². The number of fused-ring (bicyclic) bond motifs is 1. The normalized spacial score (nSPS) is 17.5. The van der Waals surface area contributed by atoms with Gasteiger partial charge < -0.3 is 5.11 Å². The summed E-state index contributed by atoms with van der Waals surface area (Å²) < 4.78 is 0. The highest BCUT2D eigenvalue weighted by atomic mass is 16.3. The van der Waals surface area contributed by atoms with Crippen molar-refractivity contribution in [3.05, 3.63) is 34.7 Å². The van der Waals surface area contributed by atoms with E-state index in [1.807, 2.05) is 19.1 Å². The van der Waals surface area contributed by atoms with Crippen LogP contribution in [0.4, 0.5) is 0 Å². The quantitative estimate of drug-likeness (QED) is 0.667. The lowest BCUT2D eigenvalue weighted by Crippen LogP contribution is -2.32. The average Bonchev–Trinajstić information content (AvgIpc) is 2.17. The number of aliphatic hydroxyl groups is 1. The lowest BCUT2D eigenvalue weighted by atomic mass is 9.96. The molecular weight excluding hydrogens is 160 g/mol. The van der Waals surface area contributed by atoms with Crippen LogP contribution in [-0.4, -0.2) is 11.2 Å². The van der Waals surface area contributed by atoms with Crippen molar-refractivity contribution in [3.8, 4) is 0 Å². The van der Waals surface area contributed by atoms with Crippen LogP contribution in [0.15, 0.2) is 24.3 Å². The fourth-order valence-electron chi connectivity index (χ4n) is 1.92. The van der Waals surface area contributed by atoms with E-state index in [1.165, 1.54) is 16.0 Å². The van der Waals surface area contributed by atoms with Crippen molar-refractivity contribution < 1.29 is 5.11 Å². The molecule has 0 radical (unpaired) electrons. The van der Waals surface area contributed by atoms with Crippen molar-refractivity contribution in [1.82, 2.24) is 0 Å². The predicted octanol–water partition coefficient (Wildman–Crippen LogP) is 0.792. The zero-order valence-corrected chi connectivity index (χ0v) is 7.83. The van der Waals surface area contributed by atoms with E-state index in [0.29, 0.717) is 0 Å². The zero-order valence-electron chi connectivity index (χ0n) is 7.83. The summed E-state index contributed by atoms with van der Waals surface area (Å²) in [6, 6.07) is 8.27. The second kappa shape index (κ2) is 3.35. The maximum absolute atomic E-state index is 9.57. The first-order valence-electron chi connectivity index (χ1n) is 4.75. The molecule has 0 aromatic heterocycles. The molecule has 0 heterocycles. The van der Waals surface area contributed by atoms with Gasteiger partial charge in [0.2, 0.25) is 0 Å². The third-order valence-electron chi connectivity index (χ3n) is 2.59. The first kappa shape index (κ1) is 8.52. The largest absolute Gasteiger partial charge is 0.389 e. The Bertz CT molecular complexity index is 415. The van der Waals surface area contributed by atoms with Gasteiger partial charge in [0, 0.05) is 0 Å². The number of aliphatic hydroxyl groups excluding tert-OH is 1. The van der Waals surface area contributed by atoms with E-state index in [4.69, 9.17) is 0 Å². The molecule has 1 aliphatic rings. The predicted molar refractivity (Wildman–Crippen MR) is 54.5 cm³/mol. The van der Waals surface area contributed by atoms with E-state index in [-0.39, 0.29) is 6.10 Å². The fourth-order valence-corrected chi connectivity index (χ4v) is 1.92. The summed E-state index contributed by atoms with van der Waals surface area (Å²) in [5.74, 6) is 0. The summed E-state index contributed by atoms with van der Waals surface area (Å²) in [6.45, 7) is 1.84. The lowest BCUT2D eigenvalue weighted by Gasteiger charge is -2.13. The Morgan fingerprint density at radius 3 is 2.85 bits per heavy atom. The van der Waals surface area contributed by atoms with E-state index < -0.39 is 0 Å². The molecule has 0 aliphatic heterocycles. The smallest absolute Gasteiger partial charge is 0.0731 e. The van der Waals surface area contributed by atoms with Crippen LogP contribution in [0, 0.1) is 0 Å². The van der Waals surface area contributed by atoms with Crippen molar-refractivity contribution in [2.24, 2.45) is 0 Å². The van der Waals surface area contributed by atoms with Gasteiger partial charge >= 0.3 is 0 Å². The van der Waals surface area contributed by atoms with Gasteiger partial charge in [0.05, 0.1) is 6.10 Å².